The molecule has 0 aromatic carbocycles. The predicted octanol–water partition coefficient (Wildman–Crippen LogP) is 3.19. The summed E-state index contributed by atoms with van der Waals surface area (Å²) in [5.41, 5.74) is 0.653. The van der Waals surface area contributed by atoms with Crippen LogP contribution < -0.4 is 0 Å². The van der Waals surface area contributed by atoms with Gasteiger partial charge >= 0.3 is 0 Å². The fourth-order valence-electron chi connectivity index (χ4n) is 2.99. The molecular weight excluding hydrogens is 294 g/mol. The SMILES string of the molecule is Cc1occc1C(=O)N1CCC(c2nc(CC(C)C)no2)CC1. The Balaban J connectivity index is 1.59. The lowest BCUT2D eigenvalue weighted by atomic mass is 9.96. The Morgan fingerprint density at radius 2 is 2.13 bits per heavy atom. The van der Waals surface area contributed by atoms with Crippen LogP contribution >= 0.6 is 0 Å². The summed E-state index contributed by atoms with van der Waals surface area (Å²) in [5, 5.41) is 4.06. The van der Waals surface area contributed by atoms with Crippen LogP contribution in [0.1, 0.15) is 60.4 Å². The zero-order chi connectivity index (χ0) is 16.4. The fraction of sp³-hybridized carbons (Fsp3) is 0.588. The Bertz CT molecular complexity index is 666. The maximum Gasteiger partial charge on any atom is 0.257 e. The normalized spacial score (nSPS) is 16.3. The average Bonchev–Trinajstić information content (AvgIpc) is 3.15. The topological polar surface area (TPSA) is 72.4 Å². The first kappa shape index (κ1) is 15.8. The number of carbonyl (C=O) groups is 1. The van der Waals surface area contributed by atoms with Gasteiger partial charge in [0.25, 0.3) is 5.91 Å². The van der Waals surface area contributed by atoms with Crippen LogP contribution in [0.3, 0.4) is 0 Å². The lowest BCUT2D eigenvalue weighted by molar-refractivity contribution is 0.0702. The van der Waals surface area contributed by atoms with E-state index in [2.05, 4.69) is 24.0 Å². The van der Waals surface area contributed by atoms with Crippen LogP contribution in [0.2, 0.25) is 0 Å². The lowest BCUT2D eigenvalue weighted by Gasteiger charge is -2.30. The van der Waals surface area contributed by atoms with Crippen molar-refractivity contribution in [3.8, 4) is 0 Å². The van der Waals surface area contributed by atoms with Gasteiger partial charge in [-0.1, -0.05) is 19.0 Å². The smallest absolute Gasteiger partial charge is 0.257 e. The van der Waals surface area contributed by atoms with Gasteiger partial charge < -0.3 is 13.8 Å². The lowest BCUT2D eigenvalue weighted by Crippen LogP contribution is -2.38. The summed E-state index contributed by atoms with van der Waals surface area (Å²) in [6.07, 6.45) is 4.10. The van der Waals surface area contributed by atoms with Crippen molar-refractivity contribution in [2.45, 2.75) is 46.0 Å². The Hall–Kier alpha value is -2.11. The number of hydrogen-bond acceptors (Lipinski definition) is 5. The Labute approximate surface area is 135 Å². The van der Waals surface area contributed by atoms with Crippen molar-refractivity contribution in [2.75, 3.05) is 13.1 Å². The zero-order valence-electron chi connectivity index (χ0n) is 13.9. The summed E-state index contributed by atoms with van der Waals surface area (Å²) in [6.45, 7) is 7.50. The molecule has 0 saturated carbocycles. The molecule has 3 rings (SSSR count). The van der Waals surface area contributed by atoms with Gasteiger partial charge in [0.1, 0.15) is 5.76 Å². The van der Waals surface area contributed by atoms with Crippen molar-refractivity contribution in [3.05, 3.63) is 35.4 Å². The molecular formula is C17H23N3O3. The first-order valence-corrected chi connectivity index (χ1v) is 8.20. The average molecular weight is 317 g/mol. The summed E-state index contributed by atoms with van der Waals surface area (Å²) in [7, 11) is 0. The largest absolute Gasteiger partial charge is 0.469 e. The minimum absolute atomic E-state index is 0.0423. The van der Waals surface area contributed by atoms with Gasteiger partial charge in [-0.2, -0.15) is 4.98 Å². The van der Waals surface area contributed by atoms with Crippen LogP contribution in [-0.2, 0) is 6.42 Å². The first-order valence-electron chi connectivity index (χ1n) is 8.20. The minimum atomic E-state index is 0.0423. The van der Waals surface area contributed by atoms with Crippen LogP contribution in [0.15, 0.2) is 21.3 Å². The van der Waals surface area contributed by atoms with E-state index in [1.807, 2.05) is 11.8 Å². The Morgan fingerprint density at radius 3 is 2.74 bits per heavy atom. The van der Waals surface area contributed by atoms with Crippen LogP contribution in [0.25, 0.3) is 0 Å². The van der Waals surface area contributed by atoms with Gasteiger partial charge in [0, 0.05) is 25.4 Å². The van der Waals surface area contributed by atoms with E-state index in [1.54, 1.807) is 12.3 Å². The molecule has 6 heteroatoms. The van der Waals surface area contributed by atoms with Gasteiger partial charge in [0.2, 0.25) is 5.89 Å². The molecule has 124 valence electrons. The monoisotopic (exact) mass is 317 g/mol. The molecule has 1 fully saturated rings. The van der Waals surface area contributed by atoms with E-state index in [9.17, 15) is 4.79 Å². The molecule has 1 amide bonds. The number of likely N-dealkylation sites (tertiary alicyclic amines) is 1. The van der Waals surface area contributed by atoms with Crippen molar-refractivity contribution >= 4 is 5.91 Å². The van der Waals surface area contributed by atoms with E-state index in [-0.39, 0.29) is 11.8 Å². The van der Waals surface area contributed by atoms with Crippen LogP contribution in [0.5, 0.6) is 0 Å². The maximum absolute atomic E-state index is 12.5. The fourth-order valence-corrected chi connectivity index (χ4v) is 2.99. The maximum atomic E-state index is 12.5. The van der Waals surface area contributed by atoms with Gasteiger partial charge in [-0.15, -0.1) is 0 Å². The molecule has 2 aromatic heterocycles. The number of aryl methyl sites for hydroxylation is 1. The van der Waals surface area contributed by atoms with Crippen molar-refractivity contribution < 1.29 is 13.7 Å². The third-order valence-corrected chi connectivity index (χ3v) is 4.30. The van der Waals surface area contributed by atoms with E-state index >= 15 is 0 Å². The molecule has 23 heavy (non-hydrogen) atoms. The molecule has 6 nitrogen and oxygen atoms in total. The second-order valence-electron chi connectivity index (χ2n) is 6.60. The van der Waals surface area contributed by atoms with E-state index in [1.165, 1.54) is 0 Å². The third kappa shape index (κ3) is 3.46. The molecule has 1 aliphatic heterocycles. The quantitative estimate of drug-likeness (QED) is 0.866. The number of furan rings is 1. The summed E-state index contributed by atoms with van der Waals surface area (Å²) in [5.74, 6) is 2.97. The standard InChI is InChI=1S/C17H23N3O3/c1-11(2)10-15-18-16(23-19-15)13-4-7-20(8-5-13)17(21)14-6-9-22-12(14)3/h6,9,11,13H,4-5,7-8,10H2,1-3H3. The van der Waals surface area contributed by atoms with Crippen LogP contribution in [0.4, 0.5) is 0 Å². The molecule has 0 unspecified atom stereocenters. The minimum Gasteiger partial charge on any atom is -0.469 e. The number of piperidine rings is 1. The summed E-state index contributed by atoms with van der Waals surface area (Å²) in [6, 6.07) is 1.74. The molecule has 1 saturated heterocycles. The second-order valence-corrected chi connectivity index (χ2v) is 6.60. The highest BCUT2D eigenvalue weighted by atomic mass is 16.5. The molecule has 0 aliphatic carbocycles. The first-order chi connectivity index (χ1) is 11.0. The van der Waals surface area contributed by atoms with Crippen molar-refractivity contribution in [1.29, 1.82) is 0 Å². The van der Waals surface area contributed by atoms with Crippen LogP contribution in [-0.4, -0.2) is 34.0 Å². The number of rotatable bonds is 4. The third-order valence-electron chi connectivity index (χ3n) is 4.30. The summed E-state index contributed by atoms with van der Waals surface area (Å²) in [4.78, 5) is 18.9. The highest BCUT2D eigenvalue weighted by molar-refractivity contribution is 5.95. The van der Waals surface area contributed by atoms with Gasteiger partial charge in [0.05, 0.1) is 11.8 Å². The number of aromatic nitrogens is 2. The van der Waals surface area contributed by atoms with Crippen molar-refractivity contribution in [1.82, 2.24) is 15.0 Å². The van der Waals surface area contributed by atoms with E-state index < -0.39 is 0 Å². The van der Waals surface area contributed by atoms with Gasteiger partial charge in [-0.05, 0) is 31.7 Å². The van der Waals surface area contributed by atoms with Gasteiger partial charge in [0.15, 0.2) is 5.82 Å². The molecule has 1 aliphatic rings. The second kappa shape index (κ2) is 6.56. The molecule has 2 aromatic rings. The summed E-state index contributed by atoms with van der Waals surface area (Å²) >= 11 is 0. The molecule has 0 radical (unpaired) electrons. The molecule has 0 spiro atoms. The van der Waals surface area contributed by atoms with E-state index in [0.29, 0.717) is 36.2 Å². The number of nitrogens with zero attached hydrogens (tertiary/aromatic N) is 3. The highest BCUT2D eigenvalue weighted by Gasteiger charge is 2.29. The van der Waals surface area contributed by atoms with Gasteiger partial charge in [-0.25, -0.2) is 0 Å². The van der Waals surface area contributed by atoms with E-state index in [4.69, 9.17) is 8.94 Å². The highest BCUT2D eigenvalue weighted by Crippen LogP contribution is 2.28. The predicted molar refractivity (Wildman–Crippen MR) is 84.2 cm³/mol. The molecule has 3 heterocycles. The molecule has 0 N–H and O–H groups in total. The zero-order valence-corrected chi connectivity index (χ0v) is 13.9. The van der Waals surface area contributed by atoms with E-state index in [0.717, 1.165) is 25.1 Å². The van der Waals surface area contributed by atoms with Gasteiger partial charge in [-0.3, -0.25) is 4.79 Å². The molecule has 0 atom stereocenters. The van der Waals surface area contributed by atoms with Crippen molar-refractivity contribution in [3.63, 3.8) is 0 Å². The number of hydrogen-bond donors (Lipinski definition) is 0. The van der Waals surface area contributed by atoms with Crippen LogP contribution in [0, 0.1) is 12.8 Å². The number of carbonyl (C=O) groups excluding carboxylic acids is 1. The Kier molecular flexibility index (Phi) is 4.50. The molecule has 0 bridgehead atoms. The Morgan fingerprint density at radius 1 is 1.39 bits per heavy atom. The summed E-state index contributed by atoms with van der Waals surface area (Å²) < 4.78 is 10.6. The van der Waals surface area contributed by atoms with Crippen molar-refractivity contribution in [2.24, 2.45) is 5.92 Å². The number of amides is 1.